The van der Waals surface area contributed by atoms with E-state index in [1.807, 2.05) is 0 Å². The fraction of sp³-hybridized carbons (Fsp3) is 0.733. The van der Waals surface area contributed by atoms with E-state index < -0.39 is 0 Å². The standard InChI is InChI=1S/C15H19NO2S/c1-18-13(17)12-8-16-14(19-12)15-5-9-2-10(6-15)4-11(3-9)7-15/h8-11H,2-7H2,1H3. The SMILES string of the molecule is COC(=O)c1cnc(C23CC4CC(CC(C4)C2)C3)s1. The average Bonchev–Trinajstić information content (AvgIpc) is 2.86. The largest absolute Gasteiger partial charge is 0.465 e. The molecule has 0 spiro atoms. The summed E-state index contributed by atoms with van der Waals surface area (Å²) in [5.74, 6) is 2.50. The molecule has 19 heavy (non-hydrogen) atoms. The summed E-state index contributed by atoms with van der Waals surface area (Å²) in [6.45, 7) is 0. The Kier molecular flexibility index (Phi) is 2.53. The van der Waals surface area contributed by atoms with E-state index in [4.69, 9.17) is 4.74 Å². The smallest absolute Gasteiger partial charge is 0.349 e. The van der Waals surface area contributed by atoms with Crippen LogP contribution in [0.15, 0.2) is 6.20 Å². The van der Waals surface area contributed by atoms with Crippen molar-refractivity contribution in [3.8, 4) is 0 Å². The molecule has 0 saturated heterocycles. The number of thiazole rings is 1. The zero-order chi connectivity index (χ0) is 13.0. The van der Waals surface area contributed by atoms with Gasteiger partial charge < -0.3 is 4.74 Å². The highest BCUT2D eigenvalue weighted by Gasteiger charge is 2.53. The maximum atomic E-state index is 11.6. The van der Waals surface area contributed by atoms with E-state index in [9.17, 15) is 4.79 Å². The second-order valence-electron chi connectivity index (χ2n) is 6.72. The van der Waals surface area contributed by atoms with Crippen LogP contribution in [0.1, 0.15) is 53.2 Å². The van der Waals surface area contributed by atoms with Crippen molar-refractivity contribution in [3.05, 3.63) is 16.1 Å². The Morgan fingerprint density at radius 2 is 1.84 bits per heavy atom. The van der Waals surface area contributed by atoms with Crippen LogP contribution in [0.5, 0.6) is 0 Å². The third-order valence-corrected chi connectivity index (χ3v) is 6.61. The van der Waals surface area contributed by atoms with Crippen LogP contribution in [0, 0.1) is 17.8 Å². The van der Waals surface area contributed by atoms with E-state index >= 15 is 0 Å². The van der Waals surface area contributed by atoms with E-state index in [2.05, 4.69) is 4.98 Å². The topological polar surface area (TPSA) is 39.2 Å². The number of carbonyl (C=O) groups excluding carboxylic acids is 1. The fourth-order valence-corrected chi connectivity index (χ4v) is 6.14. The summed E-state index contributed by atoms with van der Waals surface area (Å²) >= 11 is 1.57. The van der Waals surface area contributed by atoms with Crippen molar-refractivity contribution in [2.24, 2.45) is 17.8 Å². The Labute approximate surface area is 117 Å². The maximum absolute atomic E-state index is 11.6. The Hall–Kier alpha value is -0.900. The summed E-state index contributed by atoms with van der Waals surface area (Å²) < 4.78 is 4.80. The van der Waals surface area contributed by atoms with E-state index in [-0.39, 0.29) is 5.97 Å². The summed E-state index contributed by atoms with van der Waals surface area (Å²) in [5.41, 5.74) is 0.297. The highest BCUT2D eigenvalue weighted by molar-refractivity contribution is 7.13. The molecule has 102 valence electrons. The quantitative estimate of drug-likeness (QED) is 0.778. The van der Waals surface area contributed by atoms with Crippen LogP contribution in [0.25, 0.3) is 0 Å². The van der Waals surface area contributed by atoms with Gasteiger partial charge in [0.25, 0.3) is 0 Å². The number of ether oxygens (including phenoxy) is 1. The van der Waals surface area contributed by atoms with Gasteiger partial charge in [-0.05, 0) is 56.3 Å². The van der Waals surface area contributed by atoms with Crippen LogP contribution in [-0.2, 0) is 10.2 Å². The lowest BCUT2D eigenvalue weighted by molar-refractivity contribution is -0.00527. The van der Waals surface area contributed by atoms with Crippen molar-refractivity contribution in [2.45, 2.75) is 43.9 Å². The first-order valence-electron chi connectivity index (χ1n) is 7.23. The molecular weight excluding hydrogens is 258 g/mol. The normalized spacial score (nSPS) is 39.5. The van der Waals surface area contributed by atoms with Gasteiger partial charge in [0.1, 0.15) is 4.88 Å². The molecule has 4 fully saturated rings. The van der Waals surface area contributed by atoms with Crippen LogP contribution >= 0.6 is 11.3 Å². The van der Waals surface area contributed by atoms with Crippen molar-refractivity contribution in [1.82, 2.24) is 4.98 Å². The molecule has 4 aliphatic rings. The minimum absolute atomic E-state index is 0.242. The lowest BCUT2D eigenvalue weighted by Crippen LogP contribution is -2.48. The fourth-order valence-electron chi connectivity index (χ4n) is 5.09. The van der Waals surface area contributed by atoms with Gasteiger partial charge in [0.2, 0.25) is 0 Å². The van der Waals surface area contributed by atoms with E-state index in [1.165, 1.54) is 50.6 Å². The van der Waals surface area contributed by atoms with Crippen LogP contribution < -0.4 is 0 Å². The highest BCUT2D eigenvalue weighted by Crippen LogP contribution is 2.61. The molecule has 1 aromatic rings. The monoisotopic (exact) mass is 277 g/mol. The third-order valence-electron chi connectivity index (χ3n) is 5.38. The van der Waals surface area contributed by atoms with Gasteiger partial charge in [-0.15, -0.1) is 11.3 Å². The van der Waals surface area contributed by atoms with Crippen molar-refractivity contribution in [3.63, 3.8) is 0 Å². The molecule has 0 radical (unpaired) electrons. The molecule has 1 aromatic heterocycles. The number of nitrogens with zero attached hydrogens (tertiary/aromatic N) is 1. The van der Waals surface area contributed by atoms with Crippen molar-refractivity contribution < 1.29 is 9.53 Å². The molecule has 3 nitrogen and oxygen atoms in total. The number of carbonyl (C=O) groups is 1. The highest BCUT2D eigenvalue weighted by atomic mass is 32.1. The number of hydrogen-bond acceptors (Lipinski definition) is 4. The Balaban J connectivity index is 1.68. The second kappa shape index (κ2) is 4.05. The first-order valence-corrected chi connectivity index (χ1v) is 8.05. The van der Waals surface area contributed by atoms with Crippen molar-refractivity contribution in [2.75, 3.05) is 7.11 Å². The molecular formula is C15H19NO2S. The average molecular weight is 277 g/mol. The molecule has 0 aromatic carbocycles. The maximum Gasteiger partial charge on any atom is 0.349 e. The Morgan fingerprint density at radius 3 is 2.37 bits per heavy atom. The molecule has 0 aliphatic heterocycles. The number of esters is 1. The van der Waals surface area contributed by atoms with Gasteiger partial charge >= 0.3 is 5.97 Å². The van der Waals surface area contributed by atoms with Gasteiger partial charge in [-0.25, -0.2) is 9.78 Å². The van der Waals surface area contributed by atoms with Gasteiger partial charge in [-0.2, -0.15) is 0 Å². The molecule has 0 N–H and O–H groups in total. The molecule has 5 rings (SSSR count). The first-order chi connectivity index (χ1) is 9.18. The zero-order valence-electron chi connectivity index (χ0n) is 11.2. The number of rotatable bonds is 2. The van der Waals surface area contributed by atoms with Crippen LogP contribution in [0.4, 0.5) is 0 Å². The van der Waals surface area contributed by atoms with Gasteiger partial charge in [-0.1, -0.05) is 0 Å². The van der Waals surface area contributed by atoms with E-state index in [0.29, 0.717) is 10.3 Å². The summed E-state index contributed by atoms with van der Waals surface area (Å²) in [7, 11) is 1.44. The van der Waals surface area contributed by atoms with Crippen LogP contribution in [0.3, 0.4) is 0 Å². The van der Waals surface area contributed by atoms with Crippen LogP contribution in [0.2, 0.25) is 0 Å². The van der Waals surface area contributed by atoms with Crippen molar-refractivity contribution >= 4 is 17.3 Å². The summed E-state index contributed by atoms with van der Waals surface area (Å²) in [6, 6.07) is 0. The molecule has 1 heterocycles. The molecule has 0 atom stereocenters. The molecule has 0 amide bonds. The second-order valence-corrected chi connectivity index (χ2v) is 7.75. The van der Waals surface area contributed by atoms with Gasteiger partial charge in [0.05, 0.1) is 18.3 Å². The van der Waals surface area contributed by atoms with Gasteiger partial charge in [-0.3, -0.25) is 0 Å². The third kappa shape index (κ3) is 1.76. The molecule has 4 bridgehead atoms. The minimum Gasteiger partial charge on any atom is -0.465 e. The molecule has 0 unspecified atom stereocenters. The lowest BCUT2D eigenvalue weighted by atomic mass is 9.50. The van der Waals surface area contributed by atoms with Gasteiger partial charge in [0.15, 0.2) is 0 Å². The predicted octanol–water partition coefficient (Wildman–Crippen LogP) is 3.40. The van der Waals surface area contributed by atoms with E-state index in [1.54, 1.807) is 17.5 Å². The summed E-state index contributed by atoms with van der Waals surface area (Å²) in [5, 5.41) is 1.20. The minimum atomic E-state index is -0.242. The molecule has 4 aliphatic carbocycles. The number of methoxy groups -OCH3 is 1. The van der Waals surface area contributed by atoms with Gasteiger partial charge in [0, 0.05) is 5.41 Å². The first kappa shape index (κ1) is 11.9. The Morgan fingerprint density at radius 1 is 1.26 bits per heavy atom. The lowest BCUT2D eigenvalue weighted by Gasteiger charge is -2.56. The van der Waals surface area contributed by atoms with E-state index in [0.717, 1.165) is 17.8 Å². The van der Waals surface area contributed by atoms with Crippen molar-refractivity contribution in [1.29, 1.82) is 0 Å². The summed E-state index contributed by atoms with van der Waals surface area (Å²) in [4.78, 5) is 16.9. The van der Waals surface area contributed by atoms with Crippen LogP contribution in [-0.4, -0.2) is 18.1 Å². The molecule has 4 saturated carbocycles. The zero-order valence-corrected chi connectivity index (χ0v) is 12.0. The Bertz CT molecular complexity index is 487. The predicted molar refractivity (Wildman–Crippen MR) is 73.3 cm³/mol. The number of aromatic nitrogens is 1. The number of hydrogen-bond donors (Lipinski definition) is 0. The summed E-state index contributed by atoms with van der Waals surface area (Å²) in [6.07, 6.45) is 9.93. The molecule has 4 heteroatoms.